The molecule has 0 bridgehead atoms. The van der Waals surface area contributed by atoms with E-state index in [2.05, 4.69) is 12.2 Å². The first kappa shape index (κ1) is 17.9. The highest BCUT2D eigenvalue weighted by Gasteiger charge is 2.15. The second-order valence-electron chi connectivity index (χ2n) is 5.32. The van der Waals surface area contributed by atoms with Crippen LogP contribution in [-0.2, 0) is 9.59 Å². The summed E-state index contributed by atoms with van der Waals surface area (Å²) in [5, 5.41) is 11.6. The standard InChI is InChI=1S/C14H28N2O3/c1-5-7-12(4)15-13(17)10-16(11(2)3)9-6-8-14(18)19/h11-12H,5-10H2,1-4H3,(H,15,17)(H,18,19). The van der Waals surface area contributed by atoms with Crippen molar-refractivity contribution in [1.82, 2.24) is 10.2 Å². The van der Waals surface area contributed by atoms with Gasteiger partial charge in [0.1, 0.15) is 0 Å². The number of nitrogens with one attached hydrogen (secondary N) is 1. The Morgan fingerprint density at radius 3 is 2.37 bits per heavy atom. The first-order valence-electron chi connectivity index (χ1n) is 7.12. The summed E-state index contributed by atoms with van der Waals surface area (Å²) in [4.78, 5) is 24.4. The molecule has 1 unspecified atom stereocenters. The van der Waals surface area contributed by atoms with Crippen LogP contribution in [-0.4, -0.2) is 47.1 Å². The van der Waals surface area contributed by atoms with E-state index in [-0.39, 0.29) is 24.4 Å². The number of hydrogen-bond donors (Lipinski definition) is 2. The Labute approximate surface area is 116 Å². The number of carbonyl (C=O) groups is 2. The topological polar surface area (TPSA) is 69.6 Å². The van der Waals surface area contributed by atoms with Gasteiger partial charge in [-0.05, 0) is 40.2 Å². The zero-order valence-corrected chi connectivity index (χ0v) is 12.6. The summed E-state index contributed by atoms with van der Waals surface area (Å²) in [7, 11) is 0. The average Bonchev–Trinajstić information content (AvgIpc) is 2.27. The summed E-state index contributed by atoms with van der Waals surface area (Å²) in [6, 6.07) is 0.437. The van der Waals surface area contributed by atoms with Crippen LogP contribution in [0.4, 0.5) is 0 Å². The number of carboxylic acid groups (broad SMARTS) is 1. The van der Waals surface area contributed by atoms with Crippen molar-refractivity contribution in [2.45, 2.75) is 65.5 Å². The van der Waals surface area contributed by atoms with Crippen LogP contribution < -0.4 is 5.32 Å². The number of carboxylic acids is 1. The molecule has 0 aliphatic carbocycles. The lowest BCUT2D eigenvalue weighted by Gasteiger charge is -2.26. The van der Waals surface area contributed by atoms with Crippen LogP contribution >= 0.6 is 0 Å². The van der Waals surface area contributed by atoms with Gasteiger partial charge in [-0.1, -0.05) is 13.3 Å². The van der Waals surface area contributed by atoms with Crippen LogP contribution in [0.5, 0.6) is 0 Å². The smallest absolute Gasteiger partial charge is 0.303 e. The molecular formula is C14H28N2O3. The molecule has 1 atom stereocenters. The minimum absolute atomic E-state index is 0.0185. The van der Waals surface area contributed by atoms with E-state index in [4.69, 9.17) is 5.11 Å². The molecule has 2 N–H and O–H groups in total. The van der Waals surface area contributed by atoms with Crippen molar-refractivity contribution in [2.75, 3.05) is 13.1 Å². The van der Waals surface area contributed by atoms with Crippen molar-refractivity contribution in [3.05, 3.63) is 0 Å². The Kier molecular flexibility index (Phi) is 9.21. The van der Waals surface area contributed by atoms with Crippen LogP contribution in [0.1, 0.15) is 53.4 Å². The Hall–Kier alpha value is -1.10. The molecule has 19 heavy (non-hydrogen) atoms. The maximum atomic E-state index is 11.9. The van der Waals surface area contributed by atoms with Crippen molar-refractivity contribution in [2.24, 2.45) is 0 Å². The van der Waals surface area contributed by atoms with E-state index in [0.717, 1.165) is 12.8 Å². The molecule has 0 spiro atoms. The van der Waals surface area contributed by atoms with E-state index >= 15 is 0 Å². The lowest BCUT2D eigenvalue weighted by atomic mass is 10.2. The number of aliphatic carboxylic acids is 1. The summed E-state index contributed by atoms with van der Waals surface area (Å²) >= 11 is 0. The summed E-state index contributed by atoms with van der Waals surface area (Å²) in [5.74, 6) is -0.769. The lowest BCUT2D eigenvalue weighted by molar-refractivity contribution is -0.137. The van der Waals surface area contributed by atoms with E-state index < -0.39 is 5.97 Å². The van der Waals surface area contributed by atoms with Gasteiger partial charge in [-0.25, -0.2) is 0 Å². The van der Waals surface area contributed by atoms with Gasteiger partial charge in [0.2, 0.25) is 5.91 Å². The predicted molar refractivity (Wildman–Crippen MR) is 76.1 cm³/mol. The quantitative estimate of drug-likeness (QED) is 0.637. The van der Waals surface area contributed by atoms with Gasteiger partial charge >= 0.3 is 5.97 Å². The Morgan fingerprint density at radius 2 is 1.89 bits per heavy atom. The van der Waals surface area contributed by atoms with E-state index in [1.54, 1.807) is 0 Å². The minimum atomic E-state index is -0.787. The Balaban J connectivity index is 4.11. The predicted octanol–water partition coefficient (Wildman–Crippen LogP) is 1.87. The molecule has 0 heterocycles. The SMILES string of the molecule is CCCC(C)NC(=O)CN(CCCC(=O)O)C(C)C. The first-order chi connectivity index (χ1) is 8.86. The molecule has 5 nitrogen and oxygen atoms in total. The molecule has 0 aromatic rings. The maximum Gasteiger partial charge on any atom is 0.303 e. The molecule has 5 heteroatoms. The van der Waals surface area contributed by atoms with Crippen LogP contribution in [0, 0.1) is 0 Å². The highest BCUT2D eigenvalue weighted by Crippen LogP contribution is 2.02. The second kappa shape index (κ2) is 9.78. The van der Waals surface area contributed by atoms with Gasteiger partial charge in [0.15, 0.2) is 0 Å². The Morgan fingerprint density at radius 1 is 1.26 bits per heavy atom. The van der Waals surface area contributed by atoms with Crippen molar-refractivity contribution in [3.63, 3.8) is 0 Å². The minimum Gasteiger partial charge on any atom is -0.481 e. The normalized spacial score (nSPS) is 12.7. The maximum absolute atomic E-state index is 11.9. The second-order valence-corrected chi connectivity index (χ2v) is 5.32. The molecule has 0 rings (SSSR count). The summed E-state index contributed by atoms with van der Waals surface area (Å²) < 4.78 is 0. The fourth-order valence-electron chi connectivity index (χ4n) is 1.96. The third-order valence-electron chi connectivity index (χ3n) is 3.04. The van der Waals surface area contributed by atoms with Gasteiger partial charge in [0.05, 0.1) is 6.54 Å². The summed E-state index contributed by atoms with van der Waals surface area (Å²) in [6.07, 6.45) is 2.75. The molecule has 112 valence electrons. The van der Waals surface area contributed by atoms with Crippen molar-refractivity contribution in [1.29, 1.82) is 0 Å². The molecule has 0 saturated carbocycles. The number of carbonyl (C=O) groups excluding carboxylic acids is 1. The Bertz CT molecular complexity index is 280. The highest BCUT2D eigenvalue weighted by molar-refractivity contribution is 5.78. The van der Waals surface area contributed by atoms with Crippen LogP contribution in [0.25, 0.3) is 0 Å². The summed E-state index contributed by atoms with van der Waals surface area (Å²) in [6.45, 7) is 9.11. The number of hydrogen-bond acceptors (Lipinski definition) is 3. The van der Waals surface area contributed by atoms with Crippen molar-refractivity contribution < 1.29 is 14.7 Å². The molecular weight excluding hydrogens is 244 g/mol. The van der Waals surface area contributed by atoms with E-state index in [9.17, 15) is 9.59 Å². The van der Waals surface area contributed by atoms with Crippen LogP contribution in [0.15, 0.2) is 0 Å². The van der Waals surface area contributed by atoms with Crippen LogP contribution in [0.2, 0.25) is 0 Å². The van der Waals surface area contributed by atoms with Crippen molar-refractivity contribution in [3.8, 4) is 0 Å². The van der Waals surface area contributed by atoms with Gasteiger partial charge in [0.25, 0.3) is 0 Å². The van der Waals surface area contributed by atoms with Crippen LogP contribution in [0.3, 0.4) is 0 Å². The van der Waals surface area contributed by atoms with Gasteiger partial charge in [-0.3, -0.25) is 14.5 Å². The fraction of sp³-hybridized carbons (Fsp3) is 0.857. The molecule has 0 aromatic heterocycles. The van der Waals surface area contributed by atoms with Gasteiger partial charge in [-0.15, -0.1) is 0 Å². The monoisotopic (exact) mass is 272 g/mol. The van der Waals surface area contributed by atoms with Crippen molar-refractivity contribution >= 4 is 11.9 Å². The van der Waals surface area contributed by atoms with Gasteiger partial charge < -0.3 is 10.4 Å². The first-order valence-corrected chi connectivity index (χ1v) is 7.12. The third kappa shape index (κ3) is 9.47. The number of amides is 1. The molecule has 0 radical (unpaired) electrons. The third-order valence-corrected chi connectivity index (χ3v) is 3.04. The molecule has 0 aliphatic heterocycles. The number of nitrogens with zero attached hydrogens (tertiary/aromatic N) is 1. The van der Waals surface area contributed by atoms with E-state index in [0.29, 0.717) is 19.5 Å². The van der Waals surface area contributed by atoms with Gasteiger partial charge in [0, 0.05) is 18.5 Å². The zero-order valence-electron chi connectivity index (χ0n) is 12.6. The molecule has 0 aliphatic rings. The fourth-order valence-corrected chi connectivity index (χ4v) is 1.96. The summed E-state index contributed by atoms with van der Waals surface area (Å²) in [5.41, 5.74) is 0. The lowest BCUT2D eigenvalue weighted by Crippen LogP contribution is -2.43. The molecule has 1 amide bonds. The number of rotatable bonds is 10. The molecule has 0 fully saturated rings. The van der Waals surface area contributed by atoms with E-state index in [1.165, 1.54) is 0 Å². The zero-order chi connectivity index (χ0) is 14.8. The molecule has 0 aromatic carbocycles. The van der Waals surface area contributed by atoms with Gasteiger partial charge in [-0.2, -0.15) is 0 Å². The molecule has 0 saturated heterocycles. The average molecular weight is 272 g/mol. The van der Waals surface area contributed by atoms with E-state index in [1.807, 2.05) is 25.7 Å². The highest BCUT2D eigenvalue weighted by atomic mass is 16.4. The largest absolute Gasteiger partial charge is 0.481 e.